The van der Waals surface area contributed by atoms with Gasteiger partial charge in [-0.15, -0.1) is 12.4 Å². The molecule has 0 spiro atoms. The van der Waals surface area contributed by atoms with Crippen LogP contribution < -0.4 is 10.6 Å². The van der Waals surface area contributed by atoms with Crippen molar-refractivity contribution in [3.8, 4) is 0 Å². The van der Waals surface area contributed by atoms with Crippen molar-refractivity contribution in [2.45, 2.75) is 30.7 Å². The van der Waals surface area contributed by atoms with Crippen LogP contribution in [-0.2, 0) is 14.9 Å². The van der Waals surface area contributed by atoms with Crippen molar-refractivity contribution in [3.05, 3.63) is 34.3 Å². The highest BCUT2D eigenvalue weighted by atomic mass is 79.9. The summed E-state index contributed by atoms with van der Waals surface area (Å²) in [7, 11) is 0. The summed E-state index contributed by atoms with van der Waals surface area (Å²) < 4.78 is 6.52. The Kier molecular flexibility index (Phi) is 6.26. The van der Waals surface area contributed by atoms with Crippen molar-refractivity contribution >= 4 is 34.2 Å². The van der Waals surface area contributed by atoms with Gasteiger partial charge >= 0.3 is 0 Å². The first-order valence-electron chi connectivity index (χ1n) is 7.52. The van der Waals surface area contributed by atoms with Crippen LogP contribution in [0.3, 0.4) is 0 Å². The number of ether oxygens (including phenoxy) is 1. The monoisotopic (exact) mass is 388 g/mol. The first kappa shape index (κ1) is 17.7. The van der Waals surface area contributed by atoms with E-state index in [1.165, 1.54) is 5.56 Å². The van der Waals surface area contributed by atoms with Gasteiger partial charge in [0.05, 0.1) is 13.2 Å². The van der Waals surface area contributed by atoms with Crippen LogP contribution in [0.2, 0.25) is 0 Å². The standard InChI is InChI=1S/C16H21BrN2O2.ClH/c17-14-4-2-1-3-13(14)16(5-6-16)11-19-15(20)9-12-10-21-8-7-18-12;/h1-4,12,18H,5-11H2,(H,19,20);1H. The highest BCUT2D eigenvalue weighted by Crippen LogP contribution is 2.49. The molecule has 1 aromatic rings. The van der Waals surface area contributed by atoms with Gasteiger partial charge in [0.1, 0.15) is 0 Å². The molecule has 22 heavy (non-hydrogen) atoms. The Hall–Kier alpha value is -0.620. The number of carbonyl (C=O) groups is 1. The highest BCUT2D eigenvalue weighted by Gasteiger charge is 2.45. The van der Waals surface area contributed by atoms with Crippen molar-refractivity contribution in [2.24, 2.45) is 0 Å². The lowest BCUT2D eigenvalue weighted by Crippen LogP contribution is -2.45. The van der Waals surface area contributed by atoms with Crippen LogP contribution in [0.5, 0.6) is 0 Å². The van der Waals surface area contributed by atoms with Crippen molar-refractivity contribution in [2.75, 3.05) is 26.3 Å². The zero-order valence-electron chi connectivity index (χ0n) is 12.4. The number of halogens is 2. The Bertz CT molecular complexity index is 517. The molecule has 6 heteroatoms. The molecule has 1 heterocycles. The third kappa shape index (κ3) is 4.22. The van der Waals surface area contributed by atoms with E-state index < -0.39 is 0 Å². The maximum Gasteiger partial charge on any atom is 0.221 e. The molecule has 122 valence electrons. The van der Waals surface area contributed by atoms with E-state index >= 15 is 0 Å². The Labute approximate surface area is 145 Å². The van der Waals surface area contributed by atoms with Gasteiger partial charge in [-0.25, -0.2) is 0 Å². The molecule has 1 atom stereocenters. The molecule has 1 aliphatic carbocycles. The van der Waals surface area contributed by atoms with Crippen molar-refractivity contribution in [1.29, 1.82) is 0 Å². The Morgan fingerprint density at radius 3 is 2.82 bits per heavy atom. The molecule has 1 saturated carbocycles. The van der Waals surface area contributed by atoms with E-state index in [-0.39, 0.29) is 29.8 Å². The van der Waals surface area contributed by atoms with Gasteiger partial charge in [0.15, 0.2) is 0 Å². The molecule has 3 rings (SSSR count). The molecule has 0 radical (unpaired) electrons. The second-order valence-electron chi connectivity index (χ2n) is 5.97. The number of nitrogens with one attached hydrogen (secondary N) is 2. The molecule has 0 bridgehead atoms. The Morgan fingerprint density at radius 2 is 2.18 bits per heavy atom. The fraction of sp³-hybridized carbons (Fsp3) is 0.562. The molecular formula is C16H22BrClN2O2. The van der Waals surface area contributed by atoms with E-state index in [9.17, 15) is 4.79 Å². The number of benzene rings is 1. The topological polar surface area (TPSA) is 50.4 Å². The lowest BCUT2D eigenvalue weighted by atomic mass is 9.96. The van der Waals surface area contributed by atoms with Crippen LogP contribution in [0.25, 0.3) is 0 Å². The SMILES string of the molecule is Cl.O=C(CC1COCCN1)NCC1(c2ccccc2Br)CC1. The van der Waals surface area contributed by atoms with Crippen LogP contribution in [0.4, 0.5) is 0 Å². The number of hydrogen-bond acceptors (Lipinski definition) is 3. The number of rotatable bonds is 5. The van der Waals surface area contributed by atoms with Gasteiger partial charge in [-0.2, -0.15) is 0 Å². The van der Waals surface area contributed by atoms with Crippen LogP contribution in [0.1, 0.15) is 24.8 Å². The van der Waals surface area contributed by atoms with E-state index in [0.29, 0.717) is 13.0 Å². The van der Waals surface area contributed by atoms with Gasteiger partial charge < -0.3 is 15.4 Å². The van der Waals surface area contributed by atoms with Crippen LogP contribution in [0, 0.1) is 0 Å². The van der Waals surface area contributed by atoms with Crippen molar-refractivity contribution < 1.29 is 9.53 Å². The van der Waals surface area contributed by atoms with Crippen molar-refractivity contribution in [1.82, 2.24) is 10.6 Å². The minimum absolute atomic E-state index is 0. The Morgan fingerprint density at radius 1 is 1.41 bits per heavy atom. The average Bonchev–Trinajstić information content (AvgIpc) is 3.28. The molecule has 1 unspecified atom stereocenters. The fourth-order valence-corrected chi connectivity index (χ4v) is 3.60. The number of amides is 1. The smallest absolute Gasteiger partial charge is 0.221 e. The van der Waals surface area contributed by atoms with Crippen LogP contribution in [0.15, 0.2) is 28.7 Å². The first-order valence-corrected chi connectivity index (χ1v) is 8.32. The molecule has 1 amide bonds. The minimum atomic E-state index is 0. The molecule has 0 aromatic heterocycles. The predicted molar refractivity (Wildman–Crippen MR) is 92.5 cm³/mol. The van der Waals surface area contributed by atoms with Gasteiger partial charge in [0, 0.05) is 35.4 Å². The van der Waals surface area contributed by atoms with E-state index in [2.05, 4.69) is 44.8 Å². The second-order valence-corrected chi connectivity index (χ2v) is 6.82. The summed E-state index contributed by atoms with van der Waals surface area (Å²) in [5.41, 5.74) is 1.44. The summed E-state index contributed by atoms with van der Waals surface area (Å²) in [6.07, 6.45) is 2.77. The molecule has 2 aliphatic rings. The third-order valence-corrected chi connectivity index (χ3v) is 5.04. The zero-order chi connectivity index (χ0) is 14.7. The molecule has 1 aromatic carbocycles. The van der Waals surface area contributed by atoms with E-state index in [0.717, 1.165) is 37.0 Å². The average molecular weight is 390 g/mol. The zero-order valence-corrected chi connectivity index (χ0v) is 14.8. The predicted octanol–water partition coefficient (Wildman–Crippen LogP) is 2.40. The van der Waals surface area contributed by atoms with Crippen molar-refractivity contribution in [3.63, 3.8) is 0 Å². The first-order chi connectivity index (χ1) is 10.2. The quantitative estimate of drug-likeness (QED) is 0.813. The van der Waals surface area contributed by atoms with Gasteiger partial charge in [-0.1, -0.05) is 34.1 Å². The van der Waals surface area contributed by atoms with Crippen LogP contribution in [-0.4, -0.2) is 38.3 Å². The molecule has 1 saturated heterocycles. The van der Waals surface area contributed by atoms with E-state index in [1.807, 2.05) is 6.07 Å². The molecule has 1 aliphatic heterocycles. The number of hydrogen-bond donors (Lipinski definition) is 2. The maximum atomic E-state index is 12.1. The van der Waals surface area contributed by atoms with Crippen LogP contribution >= 0.6 is 28.3 Å². The van der Waals surface area contributed by atoms with Gasteiger partial charge in [-0.05, 0) is 24.5 Å². The van der Waals surface area contributed by atoms with Gasteiger partial charge in [0.25, 0.3) is 0 Å². The summed E-state index contributed by atoms with van der Waals surface area (Å²) in [6.45, 7) is 2.92. The number of carbonyl (C=O) groups excluding carboxylic acids is 1. The lowest BCUT2D eigenvalue weighted by molar-refractivity contribution is -0.122. The fourth-order valence-electron chi connectivity index (χ4n) is 2.90. The largest absolute Gasteiger partial charge is 0.378 e. The summed E-state index contributed by atoms with van der Waals surface area (Å²) in [5.74, 6) is 0.108. The van der Waals surface area contributed by atoms with E-state index in [1.54, 1.807) is 0 Å². The summed E-state index contributed by atoms with van der Waals surface area (Å²) >= 11 is 3.62. The van der Waals surface area contributed by atoms with Gasteiger partial charge in [0.2, 0.25) is 5.91 Å². The maximum absolute atomic E-state index is 12.1. The molecule has 4 nitrogen and oxygen atoms in total. The molecule has 2 fully saturated rings. The van der Waals surface area contributed by atoms with Gasteiger partial charge in [-0.3, -0.25) is 4.79 Å². The summed E-state index contributed by atoms with van der Waals surface area (Å²) in [6, 6.07) is 8.46. The second kappa shape index (κ2) is 7.77. The summed E-state index contributed by atoms with van der Waals surface area (Å²) in [5, 5.41) is 6.41. The third-order valence-electron chi connectivity index (χ3n) is 4.35. The Balaban J connectivity index is 0.00000176. The molecule has 2 N–H and O–H groups in total. The highest BCUT2D eigenvalue weighted by molar-refractivity contribution is 9.10. The number of morpholine rings is 1. The summed E-state index contributed by atoms with van der Waals surface area (Å²) in [4.78, 5) is 12.1. The normalized spacial score (nSPS) is 22.5. The minimum Gasteiger partial charge on any atom is -0.378 e. The van der Waals surface area contributed by atoms with E-state index in [4.69, 9.17) is 4.74 Å². The lowest BCUT2D eigenvalue weighted by Gasteiger charge is -2.24. The molecular weight excluding hydrogens is 368 g/mol.